The molecule has 0 aromatic heterocycles. The summed E-state index contributed by atoms with van der Waals surface area (Å²) >= 11 is 0. The largest absolute Gasteiger partial charge is 0.464 e. The Bertz CT molecular complexity index is 729. The molecule has 3 N–H and O–H groups in total. The molecule has 2 rings (SSSR count). The van der Waals surface area contributed by atoms with Gasteiger partial charge in [0.15, 0.2) is 0 Å². The van der Waals surface area contributed by atoms with Gasteiger partial charge in [-0.15, -0.1) is 0 Å². The summed E-state index contributed by atoms with van der Waals surface area (Å²) in [7, 11) is -3.89. The van der Waals surface area contributed by atoms with Crippen molar-refractivity contribution in [1.82, 2.24) is 0 Å². The highest BCUT2D eigenvalue weighted by atomic mass is 32.2. The van der Waals surface area contributed by atoms with Gasteiger partial charge in [0.1, 0.15) is 0 Å². The maximum absolute atomic E-state index is 11.4. The van der Waals surface area contributed by atoms with Gasteiger partial charge in [-0.1, -0.05) is 24.3 Å². The first kappa shape index (κ1) is 14.0. The Balaban J connectivity index is 2.54. The summed E-state index contributed by atoms with van der Waals surface area (Å²) in [5.74, 6) is 0. The highest BCUT2D eigenvalue weighted by Gasteiger charge is 2.18. The van der Waals surface area contributed by atoms with Crippen LogP contribution in [0.15, 0.2) is 59.5 Å². The normalized spacial score (nSPS) is 11.1. The van der Waals surface area contributed by atoms with Crippen LogP contribution in [0.5, 0.6) is 0 Å². The van der Waals surface area contributed by atoms with Gasteiger partial charge in [-0.3, -0.25) is 0 Å². The molecule has 0 aliphatic rings. The van der Waals surface area contributed by atoms with Gasteiger partial charge in [-0.05, 0) is 30.3 Å². The standard InChI is InChI=1S/C13H12N2O4S/c14-20(18,19)12-8-4-7-11(9-12)15(13(16)17)10-5-2-1-3-6-10/h1-9H,(H,16,17)(H2,14,18,19). The number of nitrogens with zero attached hydrogens (tertiary/aromatic N) is 1. The van der Waals surface area contributed by atoms with Crippen molar-refractivity contribution in [2.75, 3.05) is 4.90 Å². The van der Waals surface area contributed by atoms with E-state index in [0.717, 1.165) is 4.90 Å². The second kappa shape index (κ2) is 5.32. The summed E-state index contributed by atoms with van der Waals surface area (Å²) in [6.45, 7) is 0. The third-order valence-electron chi connectivity index (χ3n) is 2.61. The molecule has 0 radical (unpaired) electrons. The van der Waals surface area contributed by atoms with Crippen molar-refractivity contribution in [1.29, 1.82) is 0 Å². The molecule has 0 aliphatic carbocycles. The lowest BCUT2D eigenvalue weighted by Gasteiger charge is -2.19. The molecule has 0 bridgehead atoms. The van der Waals surface area contributed by atoms with Crippen molar-refractivity contribution in [2.45, 2.75) is 4.90 Å². The Labute approximate surface area is 116 Å². The number of hydrogen-bond acceptors (Lipinski definition) is 3. The van der Waals surface area contributed by atoms with E-state index in [0.29, 0.717) is 5.69 Å². The van der Waals surface area contributed by atoms with Crippen LogP contribution in [0.25, 0.3) is 0 Å². The van der Waals surface area contributed by atoms with E-state index in [-0.39, 0.29) is 10.6 Å². The fourth-order valence-corrected chi connectivity index (χ4v) is 2.30. The van der Waals surface area contributed by atoms with E-state index < -0.39 is 16.1 Å². The molecule has 20 heavy (non-hydrogen) atoms. The Morgan fingerprint density at radius 3 is 2.15 bits per heavy atom. The summed E-state index contributed by atoms with van der Waals surface area (Å²) in [5, 5.41) is 14.4. The average molecular weight is 292 g/mol. The quantitative estimate of drug-likeness (QED) is 0.905. The number of primary sulfonamides is 1. The number of hydrogen-bond donors (Lipinski definition) is 2. The van der Waals surface area contributed by atoms with Crippen LogP contribution in [0.2, 0.25) is 0 Å². The molecule has 2 aromatic rings. The number of sulfonamides is 1. The Kier molecular flexibility index (Phi) is 3.73. The van der Waals surface area contributed by atoms with Gasteiger partial charge in [0.2, 0.25) is 10.0 Å². The maximum atomic E-state index is 11.4. The summed E-state index contributed by atoms with van der Waals surface area (Å²) < 4.78 is 22.7. The molecule has 0 saturated heterocycles. The summed E-state index contributed by atoms with van der Waals surface area (Å²) in [5.41, 5.74) is 0.613. The number of anilines is 2. The Morgan fingerprint density at radius 1 is 1.00 bits per heavy atom. The van der Waals surface area contributed by atoms with E-state index >= 15 is 0 Å². The van der Waals surface area contributed by atoms with Crippen molar-refractivity contribution in [2.24, 2.45) is 5.14 Å². The van der Waals surface area contributed by atoms with Crippen molar-refractivity contribution in [3.05, 3.63) is 54.6 Å². The summed E-state index contributed by atoms with van der Waals surface area (Å²) in [6.07, 6.45) is -1.22. The predicted molar refractivity (Wildman–Crippen MR) is 74.4 cm³/mol. The minimum absolute atomic E-state index is 0.141. The molecule has 0 heterocycles. The fourth-order valence-electron chi connectivity index (χ4n) is 1.75. The zero-order valence-electron chi connectivity index (χ0n) is 10.3. The molecule has 0 aliphatic heterocycles. The topological polar surface area (TPSA) is 101 Å². The highest BCUT2D eigenvalue weighted by molar-refractivity contribution is 7.89. The first-order chi connectivity index (χ1) is 9.39. The van der Waals surface area contributed by atoms with Gasteiger partial charge >= 0.3 is 6.09 Å². The third-order valence-corrected chi connectivity index (χ3v) is 3.52. The number of carbonyl (C=O) groups is 1. The number of nitrogens with two attached hydrogens (primary N) is 1. The van der Waals surface area contributed by atoms with Crippen LogP contribution in [0, 0.1) is 0 Å². The third kappa shape index (κ3) is 2.95. The van der Waals surface area contributed by atoms with E-state index in [2.05, 4.69) is 0 Å². The van der Waals surface area contributed by atoms with E-state index in [4.69, 9.17) is 5.14 Å². The van der Waals surface area contributed by atoms with Crippen LogP contribution in [0.4, 0.5) is 16.2 Å². The van der Waals surface area contributed by atoms with Gasteiger partial charge < -0.3 is 5.11 Å². The number of benzene rings is 2. The lowest BCUT2D eigenvalue weighted by molar-refractivity contribution is 0.205. The molecule has 6 nitrogen and oxygen atoms in total. The second-order valence-corrected chi connectivity index (χ2v) is 5.56. The second-order valence-electron chi connectivity index (χ2n) is 4.00. The summed E-state index contributed by atoms with van der Waals surface area (Å²) in [6, 6.07) is 13.8. The van der Waals surface area contributed by atoms with Gasteiger partial charge in [-0.25, -0.2) is 23.3 Å². The summed E-state index contributed by atoms with van der Waals surface area (Å²) in [4.78, 5) is 12.2. The van der Waals surface area contributed by atoms with Crippen LogP contribution in [-0.4, -0.2) is 19.6 Å². The first-order valence-electron chi connectivity index (χ1n) is 5.60. The Hall–Kier alpha value is -2.38. The zero-order valence-corrected chi connectivity index (χ0v) is 11.1. The number of rotatable bonds is 3. The molecule has 2 aromatic carbocycles. The van der Waals surface area contributed by atoms with Gasteiger partial charge in [0, 0.05) is 0 Å². The van der Waals surface area contributed by atoms with Crippen molar-refractivity contribution in [3.63, 3.8) is 0 Å². The van der Waals surface area contributed by atoms with Gasteiger partial charge in [0.25, 0.3) is 0 Å². The van der Waals surface area contributed by atoms with Crippen LogP contribution < -0.4 is 10.0 Å². The molecule has 104 valence electrons. The molecule has 0 fully saturated rings. The van der Waals surface area contributed by atoms with Crippen LogP contribution in [0.3, 0.4) is 0 Å². The monoisotopic (exact) mass is 292 g/mol. The predicted octanol–water partition coefficient (Wildman–Crippen LogP) is 2.15. The van der Waals surface area contributed by atoms with Gasteiger partial charge in [-0.2, -0.15) is 0 Å². The van der Waals surface area contributed by atoms with Crippen LogP contribution in [-0.2, 0) is 10.0 Å². The lowest BCUT2D eigenvalue weighted by Crippen LogP contribution is -2.24. The molecular formula is C13H12N2O4S. The molecule has 1 amide bonds. The smallest absolute Gasteiger partial charge is 0.416 e. The van der Waals surface area contributed by atoms with Crippen molar-refractivity contribution >= 4 is 27.5 Å². The Morgan fingerprint density at radius 2 is 1.60 bits per heavy atom. The first-order valence-corrected chi connectivity index (χ1v) is 7.15. The lowest BCUT2D eigenvalue weighted by atomic mass is 10.2. The molecule has 7 heteroatoms. The fraction of sp³-hybridized carbons (Fsp3) is 0. The van der Waals surface area contributed by atoms with Gasteiger partial charge in [0.05, 0.1) is 16.3 Å². The molecule has 0 saturated carbocycles. The minimum Gasteiger partial charge on any atom is -0.464 e. The van der Waals surface area contributed by atoms with E-state index in [9.17, 15) is 18.3 Å². The number of para-hydroxylation sites is 1. The maximum Gasteiger partial charge on any atom is 0.416 e. The molecular weight excluding hydrogens is 280 g/mol. The minimum atomic E-state index is -3.89. The van der Waals surface area contributed by atoms with Crippen molar-refractivity contribution in [3.8, 4) is 0 Å². The van der Waals surface area contributed by atoms with E-state index in [1.807, 2.05) is 0 Å². The van der Waals surface area contributed by atoms with Crippen LogP contribution >= 0.6 is 0 Å². The molecule has 0 spiro atoms. The number of amides is 1. The van der Waals surface area contributed by atoms with E-state index in [1.165, 1.54) is 24.3 Å². The van der Waals surface area contributed by atoms with E-state index in [1.54, 1.807) is 30.3 Å². The molecule has 0 unspecified atom stereocenters. The zero-order chi connectivity index (χ0) is 14.8. The number of carboxylic acid groups (broad SMARTS) is 1. The highest BCUT2D eigenvalue weighted by Crippen LogP contribution is 2.26. The SMILES string of the molecule is NS(=O)(=O)c1cccc(N(C(=O)O)c2ccccc2)c1. The average Bonchev–Trinajstić information content (AvgIpc) is 2.39. The van der Waals surface area contributed by atoms with Crippen molar-refractivity contribution < 1.29 is 18.3 Å². The molecule has 0 atom stereocenters. The van der Waals surface area contributed by atoms with Crippen LogP contribution in [0.1, 0.15) is 0 Å².